The molecule has 3 heteroatoms. The van der Waals surface area contributed by atoms with E-state index in [0.29, 0.717) is 0 Å². The van der Waals surface area contributed by atoms with E-state index in [1.54, 1.807) is 0 Å². The van der Waals surface area contributed by atoms with E-state index < -0.39 is 8.07 Å². The van der Waals surface area contributed by atoms with Crippen molar-refractivity contribution >= 4 is 13.3 Å². The molecular formula is C24H34O2Si. The predicted octanol–water partition coefficient (Wildman–Crippen LogP) is 6.28. The molecule has 0 amide bonds. The lowest BCUT2D eigenvalue weighted by atomic mass is 10.0. The van der Waals surface area contributed by atoms with Crippen LogP contribution in [0.15, 0.2) is 42.5 Å². The number of rotatable bonds is 7. The van der Waals surface area contributed by atoms with Crippen molar-refractivity contribution in [1.29, 1.82) is 0 Å². The summed E-state index contributed by atoms with van der Waals surface area (Å²) < 4.78 is 12.6. The average Bonchev–Trinajstić information content (AvgIpc) is 2.71. The van der Waals surface area contributed by atoms with Gasteiger partial charge in [-0.25, -0.2) is 0 Å². The molecule has 0 aromatic heterocycles. The molecule has 146 valence electrons. The first-order valence-electron chi connectivity index (χ1n) is 10.6. The van der Waals surface area contributed by atoms with E-state index in [1.165, 1.54) is 46.4 Å². The summed E-state index contributed by atoms with van der Waals surface area (Å²) in [6.45, 7) is 10.0. The molecule has 1 fully saturated rings. The van der Waals surface area contributed by atoms with Crippen LogP contribution in [0.5, 0.6) is 5.75 Å². The molecule has 1 atom stereocenters. The lowest BCUT2D eigenvalue weighted by Crippen LogP contribution is -2.47. The topological polar surface area (TPSA) is 18.5 Å². The van der Waals surface area contributed by atoms with Gasteiger partial charge in [0.15, 0.2) is 6.29 Å². The second kappa shape index (κ2) is 9.07. The zero-order valence-corrected chi connectivity index (χ0v) is 18.4. The minimum Gasteiger partial charge on any atom is -0.464 e. The van der Waals surface area contributed by atoms with Gasteiger partial charge in [-0.2, -0.15) is 0 Å². The Morgan fingerprint density at radius 3 is 2.37 bits per heavy atom. The average molecular weight is 383 g/mol. The summed E-state index contributed by atoms with van der Waals surface area (Å²) in [6, 6.07) is 19.3. The summed E-state index contributed by atoms with van der Waals surface area (Å²) in [4.78, 5) is 0. The van der Waals surface area contributed by atoms with Crippen molar-refractivity contribution in [2.24, 2.45) is 0 Å². The van der Waals surface area contributed by atoms with Gasteiger partial charge in [0.2, 0.25) is 0 Å². The zero-order chi connectivity index (χ0) is 19.3. The van der Waals surface area contributed by atoms with Gasteiger partial charge in [0.1, 0.15) is 5.75 Å². The van der Waals surface area contributed by atoms with Crippen LogP contribution in [0.1, 0.15) is 45.6 Å². The molecule has 1 saturated heterocycles. The zero-order valence-electron chi connectivity index (χ0n) is 17.4. The van der Waals surface area contributed by atoms with E-state index in [2.05, 4.69) is 70.2 Å². The highest BCUT2D eigenvalue weighted by Crippen LogP contribution is 2.35. The van der Waals surface area contributed by atoms with Crippen LogP contribution in [0.25, 0.3) is 11.1 Å². The summed E-state index contributed by atoms with van der Waals surface area (Å²) in [7, 11) is -1.58. The van der Waals surface area contributed by atoms with Crippen LogP contribution in [-0.2, 0) is 4.74 Å². The Kier molecular flexibility index (Phi) is 6.77. The minimum atomic E-state index is -1.58. The van der Waals surface area contributed by atoms with Crippen LogP contribution in [0.4, 0.5) is 0 Å². The molecule has 0 radical (unpaired) electrons. The summed E-state index contributed by atoms with van der Waals surface area (Å²) >= 11 is 0. The largest absolute Gasteiger partial charge is 0.464 e. The van der Waals surface area contributed by atoms with Crippen molar-refractivity contribution in [1.82, 2.24) is 0 Å². The standard InChI is InChI=1S/C24H34O2Si/c1-5-27(6-2,7-3)22-15-11-14-21(20-13-10-12-19(4)18-20)24(22)26-23-16-8-9-17-25-23/h10-15,18,23H,5-9,16-17H2,1-4H3. The summed E-state index contributed by atoms with van der Waals surface area (Å²) in [6.07, 6.45) is 3.20. The third-order valence-electron chi connectivity index (χ3n) is 6.33. The molecular weight excluding hydrogens is 348 g/mol. The summed E-state index contributed by atoms with van der Waals surface area (Å²) in [5.74, 6) is 1.09. The van der Waals surface area contributed by atoms with Crippen LogP contribution in [0, 0.1) is 6.92 Å². The normalized spacial score (nSPS) is 17.7. The van der Waals surface area contributed by atoms with E-state index in [9.17, 15) is 0 Å². The minimum absolute atomic E-state index is 0.110. The van der Waals surface area contributed by atoms with Crippen molar-refractivity contribution < 1.29 is 9.47 Å². The molecule has 27 heavy (non-hydrogen) atoms. The Balaban J connectivity index is 2.13. The smallest absolute Gasteiger partial charge is 0.199 e. The summed E-state index contributed by atoms with van der Waals surface area (Å²) in [5, 5.41) is 1.48. The van der Waals surface area contributed by atoms with E-state index in [1.807, 2.05) is 0 Å². The second-order valence-corrected chi connectivity index (χ2v) is 13.0. The first-order chi connectivity index (χ1) is 13.1. The number of para-hydroxylation sites is 1. The van der Waals surface area contributed by atoms with Gasteiger partial charge >= 0.3 is 0 Å². The molecule has 1 unspecified atom stereocenters. The molecule has 0 aliphatic carbocycles. The van der Waals surface area contributed by atoms with Crippen molar-refractivity contribution in [3.8, 4) is 16.9 Å². The molecule has 2 aromatic rings. The fraction of sp³-hybridized carbons (Fsp3) is 0.500. The van der Waals surface area contributed by atoms with Crippen LogP contribution >= 0.6 is 0 Å². The Labute approximate surface area is 165 Å². The van der Waals surface area contributed by atoms with Gasteiger partial charge in [-0.05, 0) is 30.5 Å². The highest BCUT2D eigenvalue weighted by molar-refractivity contribution is 6.92. The maximum Gasteiger partial charge on any atom is 0.199 e. The predicted molar refractivity (Wildman–Crippen MR) is 118 cm³/mol. The molecule has 2 aromatic carbocycles. The number of hydrogen-bond donors (Lipinski definition) is 0. The van der Waals surface area contributed by atoms with E-state index in [-0.39, 0.29) is 6.29 Å². The molecule has 0 saturated carbocycles. The van der Waals surface area contributed by atoms with Gasteiger partial charge in [0.05, 0.1) is 14.7 Å². The summed E-state index contributed by atoms with van der Waals surface area (Å²) in [5.41, 5.74) is 3.74. The van der Waals surface area contributed by atoms with Crippen molar-refractivity contribution in [2.75, 3.05) is 6.61 Å². The Hall–Kier alpha value is -1.58. The molecule has 0 spiro atoms. The second-order valence-electron chi connectivity index (χ2n) is 7.81. The highest BCUT2D eigenvalue weighted by Gasteiger charge is 2.34. The third kappa shape index (κ3) is 4.30. The van der Waals surface area contributed by atoms with Crippen LogP contribution in [0.2, 0.25) is 18.1 Å². The van der Waals surface area contributed by atoms with Crippen LogP contribution in [-0.4, -0.2) is 21.0 Å². The van der Waals surface area contributed by atoms with Gasteiger partial charge in [0, 0.05) is 12.0 Å². The molecule has 0 bridgehead atoms. The Morgan fingerprint density at radius 1 is 1.00 bits per heavy atom. The SMILES string of the molecule is CC[Si](CC)(CC)c1cccc(-c2cccc(C)c2)c1OC1CCCCO1. The van der Waals surface area contributed by atoms with Crippen molar-refractivity contribution in [3.05, 3.63) is 48.0 Å². The maximum absolute atomic E-state index is 6.64. The molecule has 0 N–H and O–H groups in total. The fourth-order valence-electron chi connectivity index (χ4n) is 4.38. The molecule has 1 heterocycles. The third-order valence-corrected chi connectivity index (χ3v) is 11.9. The van der Waals surface area contributed by atoms with E-state index in [4.69, 9.17) is 9.47 Å². The number of hydrogen-bond acceptors (Lipinski definition) is 2. The van der Waals surface area contributed by atoms with Gasteiger partial charge in [-0.15, -0.1) is 0 Å². The molecule has 1 aliphatic rings. The molecule has 3 rings (SSSR count). The monoisotopic (exact) mass is 382 g/mol. The lowest BCUT2D eigenvalue weighted by Gasteiger charge is -2.33. The van der Waals surface area contributed by atoms with Gasteiger partial charge in [0.25, 0.3) is 0 Å². The number of ether oxygens (including phenoxy) is 2. The van der Waals surface area contributed by atoms with Crippen molar-refractivity contribution in [3.63, 3.8) is 0 Å². The Morgan fingerprint density at radius 2 is 1.74 bits per heavy atom. The van der Waals surface area contributed by atoms with Crippen LogP contribution < -0.4 is 9.92 Å². The van der Waals surface area contributed by atoms with Gasteiger partial charge < -0.3 is 9.47 Å². The van der Waals surface area contributed by atoms with Crippen molar-refractivity contribution in [2.45, 2.75) is 71.4 Å². The maximum atomic E-state index is 6.64. The van der Waals surface area contributed by atoms with E-state index in [0.717, 1.165) is 25.2 Å². The molecule has 2 nitrogen and oxygen atoms in total. The van der Waals surface area contributed by atoms with Gasteiger partial charge in [-0.3, -0.25) is 0 Å². The van der Waals surface area contributed by atoms with Gasteiger partial charge in [-0.1, -0.05) is 86.9 Å². The fourth-order valence-corrected chi connectivity index (χ4v) is 8.15. The first-order valence-corrected chi connectivity index (χ1v) is 13.2. The number of aryl methyl sites for hydroxylation is 1. The van der Waals surface area contributed by atoms with Crippen LogP contribution in [0.3, 0.4) is 0 Å². The lowest BCUT2D eigenvalue weighted by molar-refractivity contribution is -0.105. The quantitative estimate of drug-likeness (QED) is 0.524. The number of benzene rings is 2. The first kappa shape index (κ1) is 20.2. The Bertz CT molecular complexity index is 738. The highest BCUT2D eigenvalue weighted by atomic mass is 28.3. The van der Waals surface area contributed by atoms with E-state index >= 15 is 0 Å². The molecule has 1 aliphatic heterocycles.